The molecule has 0 radical (unpaired) electrons. The third-order valence-corrected chi connectivity index (χ3v) is 3.77. The Morgan fingerprint density at radius 3 is 3.05 bits per heavy atom. The molecule has 0 aliphatic rings. The van der Waals surface area contributed by atoms with Crippen molar-refractivity contribution in [3.63, 3.8) is 0 Å². The van der Waals surface area contributed by atoms with Crippen LogP contribution in [-0.2, 0) is 4.79 Å². The minimum Gasteiger partial charge on any atom is -0.497 e. The standard InChI is InChI=1S/C13H17N3O3S/c1-3-14-11(12(17)18)7-20-13-15-9-5-4-8(19-2)6-10(9)16-13/h4-6,11,14H,3,7H2,1-2H3,(H,15,16)(H,17,18). The van der Waals surface area contributed by atoms with Crippen molar-refractivity contribution in [3.05, 3.63) is 18.2 Å². The quantitative estimate of drug-likeness (QED) is 0.674. The van der Waals surface area contributed by atoms with Crippen LogP contribution in [0, 0.1) is 0 Å². The highest BCUT2D eigenvalue weighted by Crippen LogP contribution is 2.23. The number of rotatable bonds is 7. The van der Waals surface area contributed by atoms with Crippen molar-refractivity contribution < 1.29 is 14.6 Å². The maximum Gasteiger partial charge on any atom is 0.321 e. The number of nitrogens with one attached hydrogen (secondary N) is 2. The number of methoxy groups -OCH3 is 1. The number of aromatic amines is 1. The molecule has 0 saturated heterocycles. The molecule has 0 fully saturated rings. The van der Waals surface area contributed by atoms with E-state index in [1.165, 1.54) is 11.8 Å². The summed E-state index contributed by atoms with van der Waals surface area (Å²) in [6.07, 6.45) is 0. The first-order chi connectivity index (χ1) is 9.63. The lowest BCUT2D eigenvalue weighted by Gasteiger charge is -2.11. The zero-order valence-electron chi connectivity index (χ0n) is 11.3. The number of nitrogens with zero attached hydrogens (tertiary/aromatic N) is 1. The highest BCUT2D eigenvalue weighted by Gasteiger charge is 2.17. The number of hydrogen-bond acceptors (Lipinski definition) is 5. The van der Waals surface area contributed by atoms with Crippen LogP contribution in [0.1, 0.15) is 6.92 Å². The molecule has 7 heteroatoms. The van der Waals surface area contributed by atoms with Gasteiger partial charge >= 0.3 is 5.97 Å². The molecule has 1 unspecified atom stereocenters. The Morgan fingerprint density at radius 2 is 2.40 bits per heavy atom. The van der Waals surface area contributed by atoms with Gasteiger partial charge in [-0.3, -0.25) is 4.79 Å². The van der Waals surface area contributed by atoms with Gasteiger partial charge in [-0.25, -0.2) is 4.98 Å². The summed E-state index contributed by atoms with van der Waals surface area (Å²) in [6.45, 7) is 2.50. The smallest absolute Gasteiger partial charge is 0.321 e. The van der Waals surface area contributed by atoms with Gasteiger partial charge in [-0.2, -0.15) is 0 Å². The number of H-pyrrole nitrogens is 1. The molecule has 3 N–H and O–H groups in total. The van der Waals surface area contributed by atoms with Crippen LogP contribution < -0.4 is 10.1 Å². The second-order valence-corrected chi connectivity index (χ2v) is 5.19. The summed E-state index contributed by atoms with van der Waals surface area (Å²) in [4.78, 5) is 18.6. The zero-order valence-corrected chi connectivity index (χ0v) is 12.2. The van der Waals surface area contributed by atoms with Crippen LogP contribution in [-0.4, -0.2) is 46.5 Å². The van der Waals surface area contributed by atoms with Crippen molar-refractivity contribution in [2.45, 2.75) is 18.1 Å². The Labute approximate surface area is 120 Å². The molecule has 6 nitrogen and oxygen atoms in total. The van der Waals surface area contributed by atoms with E-state index in [0.717, 1.165) is 16.8 Å². The summed E-state index contributed by atoms with van der Waals surface area (Å²) in [5.74, 6) is 0.325. The van der Waals surface area contributed by atoms with E-state index in [2.05, 4.69) is 15.3 Å². The number of fused-ring (bicyclic) bond motifs is 1. The fourth-order valence-electron chi connectivity index (χ4n) is 1.79. The topological polar surface area (TPSA) is 87.2 Å². The molecule has 1 aromatic carbocycles. The van der Waals surface area contributed by atoms with Gasteiger partial charge in [0.05, 0.1) is 18.1 Å². The Bertz CT molecular complexity index is 600. The molecule has 1 atom stereocenters. The monoisotopic (exact) mass is 295 g/mol. The van der Waals surface area contributed by atoms with Crippen molar-refractivity contribution in [1.82, 2.24) is 15.3 Å². The van der Waals surface area contributed by atoms with Gasteiger partial charge in [0.25, 0.3) is 0 Å². The third kappa shape index (κ3) is 3.43. The molecule has 0 aliphatic heterocycles. The lowest BCUT2D eigenvalue weighted by atomic mass is 10.3. The first-order valence-corrected chi connectivity index (χ1v) is 7.25. The fourth-order valence-corrected chi connectivity index (χ4v) is 2.72. The van der Waals surface area contributed by atoms with Gasteiger partial charge in [-0.1, -0.05) is 18.7 Å². The van der Waals surface area contributed by atoms with E-state index in [1.807, 2.05) is 25.1 Å². The molecule has 20 heavy (non-hydrogen) atoms. The van der Waals surface area contributed by atoms with Crippen LogP contribution in [0.4, 0.5) is 0 Å². The molecular weight excluding hydrogens is 278 g/mol. The number of carboxylic acid groups (broad SMARTS) is 1. The molecule has 0 spiro atoms. The zero-order chi connectivity index (χ0) is 14.5. The third-order valence-electron chi connectivity index (χ3n) is 2.80. The number of carboxylic acids is 1. The maximum absolute atomic E-state index is 11.0. The van der Waals surface area contributed by atoms with Gasteiger partial charge in [0.15, 0.2) is 5.16 Å². The van der Waals surface area contributed by atoms with Gasteiger partial charge in [0.2, 0.25) is 0 Å². The molecular formula is C13H17N3O3S. The van der Waals surface area contributed by atoms with Crippen LogP contribution in [0.25, 0.3) is 11.0 Å². The predicted octanol–water partition coefficient (Wildman–Crippen LogP) is 1.73. The van der Waals surface area contributed by atoms with Crippen molar-refractivity contribution in [2.24, 2.45) is 0 Å². The van der Waals surface area contributed by atoms with Gasteiger partial charge in [-0.15, -0.1) is 0 Å². The van der Waals surface area contributed by atoms with Gasteiger partial charge in [0, 0.05) is 11.8 Å². The number of carbonyl (C=O) groups is 1. The predicted molar refractivity (Wildman–Crippen MR) is 78.5 cm³/mol. The molecule has 2 aromatic rings. The van der Waals surface area contributed by atoms with Gasteiger partial charge in [-0.05, 0) is 18.7 Å². The molecule has 108 valence electrons. The van der Waals surface area contributed by atoms with E-state index in [0.29, 0.717) is 17.5 Å². The summed E-state index contributed by atoms with van der Waals surface area (Å²) in [5.41, 5.74) is 1.71. The van der Waals surface area contributed by atoms with Crippen molar-refractivity contribution >= 4 is 28.8 Å². The minimum absolute atomic E-state index is 0.417. The number of thioether (sulfide) groups is 1. The Kier molecular flexibility index (Phi) is 4.86. The number of hydrogen-bond donors (Lipinski definition) is 3. The summed E-state index contributed by atoms with van der Waals surface area (Å²) in [5, 5.41) is 12.7. The second-order valence-electron chi connectivity index (χ2n) is 4.18. The highest BCUT2D eigenvalue weighted by atomic mass is 32.2. The first kappa shape index (κ1) is 14.7. The van der Waals surface area contributed by atoms with Crippen molar-refractivity contribution in [1.29, 1.82) is 0 Å². The summed E-state index contributed by atoms with van der Waals surface area (Å²) in [7, 11) is 1.61. The van der Waals surface area contributed by atoms with E-state index in [4.69, 9.17) is 9.84 Å². The largest absolute Gasteiger partial charge is 0.497 e. The molecule has 2 rings (SSSR count). The Morgan fingerprint density at radius 1 is 1.60 bits per heavy atom. The summed E-state index contributed by atoms with van der Waals surface area (Å²) < 4.78 is 5.15. The van der Waals surface area contributed by atoms with Gasteiger partial charge < -0.3 is 20.1 Å². The minimum atomic E-state index is -0.850. The average molecular weight is 295 g/mol. The molecule has 0 saturated carbocycles. The molecule has 1 aromatic heterocycles. The van der Waals surface area contributed by atoms with Gasteiger partial charge in [0.1, 0.15) is 11.8 Å². The average Bonchev–Trinajstić information content (AvgIpc) is 2.84. The Balaban J connectivity index is 2.07. The van der Waals surface area contributed by atoms with Crippen molar-refractivity contribution in [3.8, 4) is 5.75 Å². The fraction of sp³-hybridized carbons (Fsp3) is 0.385. The second kappa shape index (κ2) is 6.62. The summed E-state index contributed by atoms with van der Waals surface area (Å²) >= 11 is 1.39. The van der Waals surface area contributed by atoms with E-state index >= 15 is 0 Å². The van der Waals surface area contributed by atoms with Crippen LogP contribution in [0.5, 0.6) is 5.75 Å². The molecule has 1 heterocycles. The van der Waals surface area contributed by atoms with Crippen LogP contribution >= 0.6 is 11.8 Å². The van der Waals surface area contributed by atoms with Crippen molar-refractivity contribution in [2.75, 3.05) is 19.4 Å². The van der Waals surface area contributed by atoms with E-state index in [-0.39, 0.29) is 0 Å². The molecule has 0 bridgehead atoms. The van der Waals surface area contributed by atoms with E-state index in [9.17, 15) is 4.79 Å². The normalized spacial score (nSPS) is 12.5. The molecule has 0 amide bonds. The van der Waals surface area contributed by atoms with Crippen LogP contribution in [0.15, 0.2) is 23.4 Å². The number of aliphatic carboxylic acids is 1. The number of benzene rings is 1. The van der Waals surface area contributed by atoms with E-state index < -0.39 is 12.0 Å². The Hall–Kier alpha value is -1.73. The lowest BCUT2D eigenvalue weighted by molar-refractivity contribution is -0.138. The van der Waals surface area contributed by atoms with Crippen LogP contribution in [0.3, 0.4) is 0 Å². The number of likely N-dealkylation sites (N-methyl/N-ethyl adjacent to an activating group) is 1. The van der Waals surface area contributed by atoms with Crippen LogP contribution in [0.2, 0.25) is 0 Å². The SMILES string of the molecule is CCNC(CSc1nc2ccc(OC)cc2[nH]1)C(=O)O. The highest BCUT2D eigenvalue weighted by molar-refractivity contribution is 7.99. The lowest BCUT2D eigenvalue weighted by Crippen LogP contribution is -2.38. The first-order valence-electron chi connectivity index (χ1n) is 6.26. The maximum atomic E-state index is 11.0. The van der Waals surface area contributed by atoms with E-state index in [1.54, 1.807) is 7.11 Å². The summed E-state index contributed by atoms with van der Waals surface area (Å²) in [6, 6.07) is 5.00. The number of aromatic nitrogens is 2. The number of ether oxygens (including phenoxy) is 1. The number of imidazole rings is 1. The molecule has 0 aliphatic carbocycles.